The van der Waals surface area contributed by atoms with Gasteiger partial charge in [0.05, 0.1) is 17.1 Å². The topological polar surface area (TPSA) is 58.6 Å². The first-order valence-electron chi connectivity index (χ1n) is 10.1. The predicted molar refractivity (Wildman–Crippen MR) is 118 cm³/mol. The molecule has 0 aromatic heterocycles. The zero-order valence-corrected chi connectivity index (χ0v) is 19.4. The molecule has 1 N–H and O–H groups in total. The van der Waals surface area contributed by atoms with E-state index in [1.807, 2.05) is 4.90 Å². The third kappa shape index (κ3) is 5.95. The summed E-state index contributed by atoms with van der Waals surface area (Å²) in [5.41, 5.74) is 0.694. The van der Waals surface area contributed by atoms with Crippen LogP contribution < -0.4 is 9.62 Å². The predicted octanol–water partition coefficient (Wildman–Crippen LogP) is 4.79. The summed E-state index contributed by atoms with van der Waals surface area (Å²) in [6, 6.07) is 10.5. The molecule has 3 rings (SSSR count). The van der Waals surface area contributed by atoms with Crippen LogP contribution in [0.5, 0.6) is 0 Å². The molecule has 2 aromatic carbocycles. The fourth-order valence-corrected chi connectivity index (χ4v) is 5.53. The normalized spacial score (nSPS) is 16.1. The van der Waals surface area contributed by atoms with Crippen LogP contribution in [0.1, 0.15) is 24.5 Å². The molecule has 0 bridgehead atoms. The van der Waals surface area contributed by atoms with E-state index in [9.17, 15) is 21.6 Å². The van der Waals surface area contributed by atoms with Gasteiger partial charge in [-0.1, -0.05) is 48.9 Å². The molecule has 2 aromatic rings. The summed E-state index contributed by atoms with van der Waals surface area (Å²) in [6.45, 7) is 3.69. The fraction of sp³-hybridized carbons (Fsp3) is 0.455. The Morgan fingerprint density at radius 3 is 2.41 bits per heavy atom. The number of anilines is 1. The molecule has 1 saturated heterocycles. The largest absolute Gasteiger partial charge is 0.393 e. The van der Waals surface area contributed by atoms with Crippen molar-refractivity contribution >= 4 is 27.3 Å². The van der Waals surface area contributed by atoms with Crippen LogP contribution >= 0.6 is 11.6 Å². The molecule has 176 valence electrons. The van der Waals surface area contributed by atoms with E-state index in [0.29, 0.717) is 30.4 Å². The van der Waals surface area contributed by atoms with E-state index in [-0.39, 0.29) is 28.0 Å². The molecule has 5 nitrogen and oxygen atoms in total. The van der Waals surface area contributed by atoms with Crippen molar-refractivity contribution in [2.24, 2.45) is 5.41 Å². The van der Waals surface area contributed by atoms with Crippen molar-refractivity contribution in [3.05, 3.63) is 58.6 Å². The van der Waals surface area contributed by atoms with Gasteiger partial charge in [-0.15, -0.1) is 0 Å². The fourth-order valence-electron chi connectivity index (χ4n) is 3.93. The molecular weight excluding hydrogens is 465 g/mol. The van der Waals surface area contributed by atoms with Crippen LogP contribution in [0, 0.1) is 5.41 Å². The van der Waals surface area contributed by atoms with Crippen molar-refractivity contribution < 1.29 is 26.3 Å². The van der Waals surface area contributed by atoms with Crippen molar-refractivity contribution in [2.45, 2.75) is 37.4 Å². The van der Waals surface area contributed by atoms with E-state index in [1.54, 1.807) is 25.3 Å². The number of hydrogen-bond acceptors (Lipinski definition) is 4. The van der Waals surface area contributed by atoms with Gasteiger partial charge in [-0.2, -0.15) is 13.2 Å². The Labute approximate surface area is 191 Å². The average molecular weight is 491 g/mol. The smallest absolute Gasteiger partial charge is 0.385 e. The Hall–Kier alpha value is -1.81. The lowest BCUT2D eigenvalue weighted by molar-refractivity contribution is -0.127. The summed E-state index contributed by atoms with van der Waals surface area (Å²) in [6.07, 6.45) is -4.68. The molecule has 32 heavy (non-hydrogen) atoms. The minimum Gasteiger partial charge on any atom is -0.385 e. The van der Waals surface area contributed by atoms with Gasteiger partial charge >= 0.3 is 6.18 Å². The molecule has 1 heterocycles. The zero-order chi connectivity index (χ0) is 23.6. The van der Waals surface area contributed by atoms with Crippen molar-refractivity contribution in [3.63, 3.8) is 0 Å². The first-order chi connectivity index (χ1) is 14.9. The van der Waals surface area contributed by atoms with E-state index in [0.717, 1.165) is 6.42 Å². The molecule has 0 amide bonds. The molecular formula is C22H26ClF3N2O3S. The van der Waals surface area contributed by atoms with Gasteiger partial charge in [-0.3, -0.25) is 0 Å². The van der Waals surface area contributed by atoms with Crippen LogP contribution in [-0.2, 0) is 27.7 Å². The Bertz CT molecular complexity index is 1050. The van der Waals surface area contributed by atoms with E-state index in [4.69, 9.17) is 16.3 Å². The molecule has 10 heteroatoms. The van der Waals surface area contributed by atoms with Gasteiger partial charge in [0, 0.05) is 38.8 Å². The van der Waals surface area contributed by atoms with E-state index in [1.165, 1.54) is 24.3 Å². The van der Waals surface area contributed by atoms with E-state index < -0.39 is 22.6 Å². The summed E-state index contributed by atoms with van der Waals surface area (Å²) in [5.74, 6) is 0. The number of sulfonamides is 1. The van der Waals surface area contributed by atoms with Crippen LogP contribution in [0.25, 0.3) is 0 Å². The Morgan fingerprint density at radius 1 is 1.12 bits per heavy atom. The van der Waals surface area contributed by atoms with Gasteiger partial charge < -0.3 is 9.64 Å². The van der Waals surface area contributed by atoms with Crippen LogP contribution in [0.2, 0.25) is 5.02 Å². The molecule has 1 aliphatic rings. The minimum absolute atomic E-state index is 0.00657. The maximum Gasteiger partial charge on any atom is 0.393 e. The van der Waals surface area contributed by atoms with Gasteiger partial charge in [0.25, 0.3) is 0 Å². The summed E-state index contributed by atoms with van der Waals surface area (Å²) in [7, 11) is -2.39. The number of halogens is 4. The van der Waals surface area contributed by atoms with Gasteiger partial charge in [0.15, 0.2) is 0 Å². The van der Waals surface area contributed by atoms with Gasteiger partial charge in [-0.05, 0) is 29.7 Å². The number of benzene rings is 2. The molecule has 0 spiro atoms. The number of alkyl halides is 3. The third-order valence-electron chi connectivity index (χ3n) is 5.57. The van der Waals surface area contributed by atoms with Crippen molar-refractivity contribution in [3.8, 4) is 0 Å². The lowest BCUT2D eigenvalue weighted by Crippen LogP contribution is -2.55. The Morgan fingerprint density at radius 2 is 1.78 bits per heavy atom. The van der Waals surface area contributed by atoms with Crippen molar-refractivity contribution in [1.29, 1.82) is 0 Å². The van der Waals surface area contributed by atoms with Crippen LogP contribution in [-0.4, -0.2) is 41.4 Å². The highest BCUT2D eigenvalue weighted by Crippen LogP contribution is 2.42. The molecule has 1 fully saturated rings. The monoisotopic (exact) mass is 490 g/mol. The first kappa shape index (κ1) is 24.8. The van der Waals surface area contributed by atoms with Gasteiger partial charge in [-0.25, -0.2) is 13.1 Å². The number of hydrogen-bond donors (Lipinski definition) is 1. The molecule has 0 radical (unpaired) electrons. The van der Waals surface area contributed by atoms with Crippen LogP contribution in [0.3, 0.4) is 0 Å². The number of nitrogens with zero attached hydrogens (tertiary/aromatic N) is 1. The second-order valence-corrected chi connectivity index (χ2v) is 10.5. The lowest BCUT2D eigenvalue weighted by atomic mass is 9.79. The quantitative estimate of drug-likeness (QED) is 0.549. The lowest BCUT2D eigenvalue weighted by Gasteiger charge is -2.50. The summed E-state index contributed by atoms with van der Waals surface area (Å²) >= 11 is 6.37. The molecule has 0 saturated carbocycles. The summed E-state index contributed by atoms with van der Waals surface area (Å²) < 4.78 is 72.4. The average Bonchev–Trinajstić information content (AvgIpc) is 2.68. The standard InChI is InChI=1S/C22H26ClF3N2O3S/c1-21(10-11-31-2)14-28(15-21)20-18(23)8-5-9-19(20)32(29,30)27-13-17-7-4-3-6-16(17)12-22(24,25)26/h3-9,27H,10-15H2,1-2H3. The second-order valence-electron chi connectivity index (χ2n) is 8.38. The van der Waals surface area contributed by atoms with E-state index in [2.05, 4.69) is 11.6 Å². The number of ether oxygens (including phenoxy) is 1. The van der Waals surface area contributed by atoms with Crippen LogP contribution in [0.4, 0.5) is 18.9 Å². The van der Waals surface area contributed by atoms with Gasteiger partial charge in [0.1, 0.15) is 4.90 Å². The van der Waals surface area contributed by atoms with Crippen molar-refractivity contribution in [1.82, 2.24) is 4.72 Å². The summed E-state index contributed by atoms with van der Waals surface area (Å²) in [5, 5.41) is 0.305. The molecule has 0 unspecified atom stereocenters. The SMILES string of the molecule is COCCC1(C)CN(c2c(Cl)cccc2S(=O)(=O)NCc2ccccc2CC(F)(F)F)C1. The third-order valence-corrected chi connectivity index (χ3v) is 7.31. The maximum absolute atomic E-state index is 13.1. The minimum atomic E-state index is -4.39. The highest BCUT2D eigenvalue weighted by molar-refractivity contribution is 7.89. The van der Waals surface area contributed by atoms with E-state index >= 15 is 0 Å². The maximum atomic E-state index is 13.1. The molecule has 1 aliphatic heterocycles. The second kappa shape index (κ2) is 9.59. The summed E-state index contributed by atoms with van der Waals surface area (Å²) in [4.78, 5) is 1.91. The van der Waals surface area contributed by atoms with Crippen LogP contribution in [0.15, 0.2) is 47.4 Å². The number of nitrogens with one attached hydrogen (secondary N) is 1. The number of methoxy groups -OCH3 is 1. The number of para-hydroxylation sites is 1. The molecule has 0 aliphatic carbocycles. The van der Waals surface area contributed by atoms with Crippen molar-refractivity contribution in [2.75, 3.05) is 31.7 Å². The number of rotatable bonds is 9. The Balaban J connectivity index is 1.80. The highest BCUT2D eigenvalue weighted by atomic mass is 35.5. The first-order valence-corrected chi connectivity index (χ1v) is 12.0. The highest BCUT2D eigenvalue weighted by Gasteiger charge is 2.41. The Kier molecular flexibility index (Phi) is 7.44. The zero-order valence-electron chi connectivity index (χ0n) is 17.9. The van der Waals surface area contributed by atoms with Gasteiger partial charge in [0.2, 0.25) is 10.0 Å². The molecule has 0 atom stereocenters.